The van der Waals surface area contributed by atoms with E-state index in [2.05, 4.69) is 59.9 Å². The van der Waals surface area contributed by atoms with Gasteiger partial charge in [0.25, 0.3) is 0 Å². The maximum atomic E-state index is 14.2. The van der Waals surface area contributed by atoms with Gasteiger partial charge in [0.15, 0.2) is 0 Å². The third-order valence-corrected chi connectivity index (χ3v) is 6.50. The lowest BCUT2D eigenvalue weighted by Gasteiger charge is -2.31. The fourth-order valence-corrected chi connectivity index (χ4v) is 4.67. The lowest BCUT2D eigenvalue weighted by molar-refractivity contribution is 0.523. The molecule has 0 unspecified atom stereocenters. The molecule has 21 heavy (non-hydrogen) atoms. The Bertz CT molecular complexity index is 609. The molecular weight excluding hydrogens is 486 g/mol. The van der Waals surface area contributed by atoms with Gasteiger partial charge < -0.3 is 0 Å². The smallest absolute Gasteiger partial charge is 0.145 e. The molecule has 0 radical (unpaired) electrons. The van der Waals surface area contributed by atoms with Crippen molar-refractivity contribution < 1.29 is 4.39 Å². The molecule has 2 aromatic rings. The standard InChI is InChI=1S/C16H13Br3ClF/c17-9-16(10-18,12-4-6-13(19)7-5-12)8-11-2-1-3-14(20)15(11)21/h1-7H,8-10H2. The molecule has 0 bridgehead atoms. The summed E-state index contributed by atoms with van der Waals surface area (Å²) in [4.78, 5) is 0. The molecule has 0 saturated heterocycles. The van der Waals surface area contributed by atoms with Crippen LogP contribution < -0.4 is 0 Å². The molecule has 0 saturated carbocycles. The summed E-state index contributed by atoms with van der Waals surface area (Å²) in [5.41, 5.74) is 1.55. The predicted octanol–water partition coefficient (Wildman–Crippen LogP) is 6.51. The van der Waals surface area contributed by atoms with Gasteiger partial charge in [-0.15, -0.1) is 0 Å². The van der Waals surface area contributed by atoms with Crippen LogP contribution in [0.4, 0.5) is 4.39 Å². The molecule has 0 N–H and O–H groups in total. The van der Waals surface area contributed by atoms with Crippen molar-refractivity contribution in [1.82, 2.24) is 0 Å². The zero-order chi connectivity index (χ0) is 15.5. The normalized spacial score (nSPS) is 11.7. The van der Waals surface area contributed by atoms with Crippen LogP contribution in [-0.2, 0) is 11.8 Å². The molecule has 0 amide bonds. The Kier molecular flexibility index (Phi) is 6.30. The second-order valence-electron chi connectivity index (χ2n) is 4.94. The van der Waals surface area contributed by atoms with E-state index in [4.69, 9.17) is 11.6 Å². The second-order valence-corrected chi connectivity index (χ2v) is 7.39. The fraction of sp³-hybridized carbons (Fsp3) is 0.250. The molecule has 0 fully saturated rings. The highest BCUT2D eigenvalue weighted by Crippen LogP contribution is 2.35. The summed E-state index contributed by atoms with van der Waals surface area (Å²) in [6, 6.07) is 13.3. The van der Waals surface area contributed by atoms with Gasteiger partial charge in [-0.3, -0.25) is 0 Å². The Morgan fingerprint density at radius 2 is 1.62 bits per heavy atom. The summed E-state index contributed by atoms with van der Waals surface area (Å²) >= 11 is 16.5. The van der Waals surface area contributed by atoms with Crippen molar-refractivity contribution >= 4 is 59.4 Å². The first-order chi connectivity index (χ1) is 10.0. The highest BCUT2D eigenvalue weighted by molar-refractivity contribution is 9.10. The van der Waals surface area contributed by atoms with E-state index in [1.165, 1.54) is 0 Å². The van der Waals surface area contributed by atoms with Crippen LogP contribution in [-0.4, -0.2) is 10.7 Å². The van der Waals surface area contributed by atoms with Gasteiger partial charge in [-0.25, -0.2) is 4.39 Å². The van der Waals surface area contributed by atoms with Gasteiger partial charge in [0.2, 0.25) is 0 Å². The summed E-state index contributed by atoms with van der Waals surface area (Å²) in [6.07, 6.45) is 0.567. The Morgan fingerprint density at radius 3 is 2.19 bits per heavy atom. The monoisotopic (exact) mass is 496 g/mol. The quantitative estimate of drug-likeness (QED) is 0.412. The summed E-state index contributed by atoms with van der Waals surface area (Å²) in [5, 5.41) is 1.61. The van der Waals surface area contributed by atoms with Crippen LogP contribution in [0, 0.1) is 5.82 Å². The lowest BCUT2D eigenvalue weighted by atomic mass is 9.79. The topological polar surface area (TPSA) is 0 Å². The Morgan fingerprint density at radius 1 is 1.00 bits per heavy atom. The summed E-state index contributed by atoms with van der Waals surface area (Å²) < 4.78 is 15.2. The van der Waals surface area contributed by atoms with Crippen LogP contribution in [0.3, 0.4) is 0 Å². The lowest BCUT2D eigenvalue weighted by Crippen LogP contribution is -2.33. The molecule has 0 atom stereocenters. The van der Waals surface area contributed by atoms with Gasteiger partial charge in [0.1, 0.15) is 5.82 Å². The molecule has 112 valence electrons. The molecule has 0 aromatic heterocycles. The van der Waals surface area contributed by atoms with E-state index < -0.39 is 0 Å². The van der Waals surface area contributed by atoms with Crippen molar-refractivity contribution in [3.8, 4) is 0 Å². The van der Waals surface area contributed by atoms with E-state index in [9.17, 15) is 4.39 Å². The van der Waals surface area contributed by atoms with Crippen LogP contribution >= 0.6 is 59.4 Å². The molecule has 2 aromatic carbocycles. The SMILES string of the molecule is Fc1c(Cl)cccc1CC(CBr)(CBr)c1ccc(Br)cc1. The molecule has 2 rings (SSSR count). The van der Waals surface area contributed by atoms with Crippen molar-refractivity contribution in [2.75, 3.05) is 10.7 Å². The van der Waals surface area contributed by atoms with E-state index >= 15 is 0 Å². The molecule has 0 aliphatic rings. The first-order valence-corrected chi connectivity index (χ1v) is 9.74. The third kappa shape index (κ3) is 3.90. The highest BCUT2D eigenvalue weighted by Gasteiger charge is 2.31. The van der Waals surface area contributed by atoms with Gasteiger partial charge in [-0.2, -0.15) is 0 Å². The minimum absolute atomic E-state index is 0.168. The maximum Gasteiger partial charge on any atom is 0.145 e. The average molecular weight is 499 g/mol. The predicted molar refractivity (Wildman–Crippen MR) is 98.5 cm³/mol. The Labute approximate surface area is 154 Å². The van der Waals surface area contributed by atoms with Crippen LogP contribution in [0.5, 0.6) is 0 Å². The van der Waals surface area contributed by atoms with Crippen LogP contribution in [0.25, 0.3) is 0 Å². The first kappa shape index (κ1) is 17.5. The number of rotatable bonds is 5. The van der Waals surface area contributed by atoms with E-state index in [0.717, 1.165) is 20.7 Å². The largest absolute Gasteiger partial charge is 0.205 e. The molecule has 0 heterocycles. The molecular formula is C16H13Br3ClF. The zero-order valence-corrected chi connectivity index (χ0v) is 16.6. The molecule has 0 spiro atoms. The molecule has 5 heteroatoms. The summed E-state index contributed by atoms with van der Waals surface area (Å²) in [5.74, 6) is -0.331. The number of halogens is 5. The van der Waals surface area contributed by atoms with Crippen molar-refractivity contribution in [1.29, 1.82) is 0 Å². The average Bonchev–Trinajstić information content (AvgIpc) is 2.50. The van der Waals surface area contributed by atoms with Gasteiger partial charge >= 0.3 is 0 Å². The minimum atomic E-state index is -0.331. The number of hydrogen-bond acceptors (Lipinski definition) is 0. The maximum absolute atomic E-state index is 14.2. The van der Waals surface area contributed by atoms with Crippen molar-refractivity contribution in [3.63, 3.8) is 0 Å². The van der Waals surface area contributed by atoms with Crippen LogP contribution in [0.2, 0.25) is 5.02 Å². The molecule has 0 aliphatic heterocycles. The number of benzene rings is 2. The zero-order valence-electron chi connectivity index (χ0n) is 11.1. The van der Waals surface area contributed by atoms with Gasteiger partial charge in [0.05, 0.1) is 5.02 Å². The Hall–Kier alpha value is 0.1000. The highest BCUT2D eigenvalue weighted by atomic mass is 79.9. The van der Waals surface area contributed by atoms with E-state index in [0.29, 0.717) is 12.0 Å². The summed E-state index contributed by atoms with van der Waals surface area (Å²) in [7, 11) is 0. The van der Waals surface area contributed by atoms with Crippen molar-refractivity contribution in [3.05, 3.63) is 68.9 Å². The van der Waals surface area contributed by atoms with Crippen LogP contribution in [0.15, 0.2) is 46.9 Å². The first-order valence-electron chi connectivity index (χ1n) is 6.33. The van der Waals surface area contributed by atoms with E-state index in [1.54, 1.807) is 18.2 Å². The van der Waals surface area contributed by atoms with Crippen LogP contribution in [0.1, 0.15) is 11.1 Å². The minimum Gasteiger partial charge on any atom is -0.205 e. The van der Waals surface area contributed by atoms with Gasteiger partial charge in [0, 0.05) is 20.5 Å². The van der Waals surface area contributed by atoms with Gasteiger partial charge in [-0.05, 0) is 35.7 Å². The second kappa shape index (κ2) is 7.58. The number of hydrogen-bond donors (Lipinski definition) is 0. The Balaban J connectivity index is 2.43. The van der Waals surface area contributed by atoms with E-state index in [1.807, 2.05) is 12.1 Å². The third-order valence-electron chi connectivity index (χ3n) is 3.53. The van der Waals surface area contributed by atoms with E-state index in [-0.39, 0.29) is 16.3 Å². The van der Waals surface area contributed by atoms with Gasteiger partial charge in [-0.1, -0.05) is 83.7 Å². The summed E-state index contributed by atoms with van der Waals surface area (Å²) in [6.45, 7) is 0. The van der Waals surface area contributed by atoms with Crippen molar-refractivity contribution in [2.45, 2.75) is 11.8 Å². The fourth-order valence-electron chi connectivity index (χ4n) is 2.24. The molecule has 0 nitrogen and oxygen atoms in total. The van der Waals surface area contributed by atoms with Crippen molar-refractivity contribution in [2.24, 2.45) is 0 Å². The number of alkyl halides is 2. The molecule has 0 aliphatic carbocycles.